The van der Waals surface area contributed by atoms with Gasteiger partial charge in [0.05, 0.1) is 19.8 Å². The number of ether oxygens (including phenoxy) is 2. The lowest BCUT2D eigenvalue weighted by molar-refractivity contribution is -0.144. The van der Waals surface area contributed by atoms with E-state index in [0.717, 1.165) is 6.42 Å². The summed E-state index contributed by atoms with van der Waals surface area (Å²) < 4.78 is 38.4. The van der Waals surface area contributed by atoms with Crippen molar-refractivity contribution in [1.29, 1.82) is 0 Å². The zero-order valence-corrected chi connectivity index (χ0v) is 10.0. The molecule has 0 bridgehead atoms. The Hall–Kier alpha value is -0.170. The molecule has 0 spiro atoms. The van der Waals surface area contributed by atoms with Gasteiger partial charge >= 0.3 is 0 Å². The normalized spacial score (nSPS) is 20.7. The van der Waals surface area contributed by atoms with Crippen LogP contribution in [-0.4, -0.2) is 39.8 Å². The molecule has 0 atom stereocenters. The van der Waals surface area contributed by atoms with Crippen molar-refractivity contribution in [2.75, 3.05) is 25.6 Å². The summed E-state index contributed by atoms with van der Waals surface area (Å²) in [4.78, 5) is 0. The average molecular weight is 238 g/mol. The van der Waals surface area contributed by atoms with E-state index in [9.17, 15) is 8.42 Å². The van der Waals surface area contributed by atoms with Crippen molar-refractivity contribution >= 4 is 10.1 Å². The Morgan fingerprint density at radius 1 is 1.27 bits per heavy atom. The molecule has 0 aromatic rings. The van der Waals surface area contributed by atoms with E-state index >= 15 is 0 Å². The molecule has 0 radical (unpaired) electrons. The fourth-order valence-electron chi connectivity index (χ4n) is 1.67. The summed E-state index contributed by atoms with van der Waals surface area (Å²) >= 11 is 0. The second-order valence-corrected chi connectivity index (χ2v) is 5.11. The van der Waals surface area contributed by atoms with Crippen molar-refractivity contribution in [1.82, 2.24) is 0 Å². The van der Waals surface area contributed by atoms with Gasteiger partial charge in [0.1, 0.15) is 5.75 Å². The van der Waals surface area contributed by atoms with Gasteiger partial charge in [-0.1, -0.05) is 13.3 Å². The quantitative estimate of drug-likeness (QED) is 0.643. The highest BCUT2D eigenvalue weighted by Crippen LogP contribution is 2.27. The van der Waals surface area contributed by atoms with Crippen LogP contribution in [-0.2, 0) is 23.8 Å². The van der Waals surface area contributed by atoms with Crippen LogP contribution in [0, 0.1) is 0 Å². The molecule has 0 aliphatic carbocycles. The maximum absolute atomic E-state index is 11.5. The molecule has 0 aromatic carbocycles. The molecule has 1 aliphatic heterocycles. The molecule has 1 rings (SSSR count). The molecule has 0 amide bonds. The van der Waals surface area contributed by atoms with Crippen LogP contribution in [0.5, 0.6) is 0 Å². The van der Waals surface area contributed by atoms with E-state index in [4.69, 9.17) is 9.47 Å². The van der Waals surface area contributed by atoms with Crippen molar-refractivity contribution in [3.63, 3.8) is 0 Å². The van der Waals surface area contributed by atoms with E-state index in [2.05, 4.69) is 4.18 Å². The van der Waals surface area contributed by atoms with E-state index in [1.807, 2.05) is 6.92 Å². The molecule has 0 N–H and O–H groups in total. The van der Waals surface area contributed by atoms with Gasteiger partial charge in [-0.05, 0) is 6.92 Å². The van der Waals surface area contributed by atoms with E-state index < -0.39 is 15.9 Å². The van der Waals surface area contributed by atoms with Crippen LogP contribution in [0.15, 0.2) is 0 Å². The molecule has 1 fully saturated rings. The van der Waals surface area contributed by atoms with Gasteiger partial charge in [0.2, 0.25) is 0 Å². The van der Waals surface area contributed by atoms with E-state index in [0.29, 0.717) is 19.6 Å². The molecule has 0 unspecified atom stereocenters. The fraction of sp³-hybridized carbons (Fsp3) is 1.00. The van der Waals surface area contributed by atoms with Gasteiger partial charge in [-0.3, -0.25) is 4.18 Å². The van der Waals surface area contributed by atoms with Crippen LogP contribution in [0.1, 0.15) is 26.7 Å². The third-order valence-electron chi connectivity index (χ3n) is 2.14. The molecule has 6 heteroatoms. The summed E-state index contributed by atoms with van der Waals surface area (Å²) in [5, 5.41) is 0. The molecular formula is C9H18O5S. The highest BCUT2D eigenvalue weighted by molar-refractivity contribution is 7.86. The Balaban J connectivity index is 2.66. The summed E-state index contributed by atoms with van der Waals surface area (Å²) in [6.45, 7) is 4.63. The predicted molar refractivity (Wildman–Crippen MR) is 55.0 cm³/mol. The Labute approximate surface area is 90.8 Å². The lowest BCUT2D eigenvalue weighted by Crippen LogP contribution is -2.39. The average Bonchev–Trinajstić information content (AvgIpc) is 2.52. The smallest absolute Gasteiger partial charge is 0.272 e. The third-order valence-corrected chi connectivity index (χ3v) is 3.53. The van der Waals surface area contributed by atoms with Crippen molar-refractivity contribution in [3.8, 4) is 0 Å². The minimum Gasteiger partial charge on any atom is -0.346 e. The van der Waals surface area contributed by atoms with E-state index in [-0.39, 0.29) is 12.4 Å². The molecule has 1 heterocycles. The first-order chi connectivity index (χ1) is 7.04. The first-order valence-corrected chi connectivity index (χ1v) is 6.76. The zero-order valence-electron chi connectivity index (χ0n) is 9.19. The van der Waals surface area contributed by atoms with Gasteiger partial charge in [-0.2, -0.15) is 8.42 Å². The van der Waals surface area contributed by atoms with E-state index in [1.54, 1.807) is 6.92 Å². The van der Waals surface area contributed by atoms with Gasteiger partial charge in [-0.25, -0.2) is 0 Å². The van der Waals surface area contributed by atoms with Crippen molar-refractivity contribution in [2.24, 2.45) is 0 Å². The monoisotopic (exact) mass is 238 g/mol. The Morgan fingerprint density at radius 3 is 2.33 bits per heavy atom. The van der Waals surface area contributed by atoms with Gasteiger partial charge < -0.3 is 9.47 Å². The third kappa shape index (κ3) is 3.71. The van der Waals surface area contributed by atoms with Crippen LogP contribution >= 0.6 is 0 Å². The summed E-state index contributed by atoms with van der Waals surface area (Å²) in [7, 11) is -3.55. The van der Waals surface area contributed by atoms with Crippen molar-refractivity contribution in [3.05, 3.63) is 0 Å². The topological polar surface area (TPSA) is 61.8 Å². The van der Waals surface area contributed by atoms with Crippen LogP contribution in [0.2, 0.25) is 0 Å². The van der Waals surface area contributed by atoms with Crippen LogP contribution < -0.4 is 0 Å². The molecule has 5 nitrogen and oxygen atoms in total. The fourth-order valence-corrected chi connectivity index (χ4v) is 2.96. The van der Waals surface area contributed by atoms with Crippen molar-refractivity contribution in [2.45, 2.75) is 32.5 Å². The SMILES string of the molecule is CCCC1(CS(=O)(=O)OCC)OCCO1. The van der Waals surface area contributed by atoms with Crippen LogP contribution in [0.3, 0.4) is 0 Å². The van der Waals surface area contributed by atoms with Gasteiger partial charge in [0, 0.05) is 6.42 Å². The Morgan fingerprint density at radius 2 is 1.87 bits per heavy atom. The predicted octanol–water partition coefficient (Wildman–Crippen LogP) is 0.896. The van der Waals surface area contributed by atoms with Gasteiger partial charge in [-0.15, -0.1) is 0 Å². The standard InChI is InChI=1S/C9H18O5S/c1-3-5-9(12-6-7-13-9)8-15(10,11)14-4-2/h3-8H2,1-2H3. The second-order valence-electron chi connectivity index (χ2n) is 3.47. The molecular weight excluding hydrogens is 220 g/mol. The zero-order chi connectivity index (χ0) is 11.4. The van der Waals surface area contributed by atoms with E-state index in [1.165, 1.54) is 0 Å². The molecule has 90 valence electrons. The van der Waals surface area contributed by atoms with Gasteiger partial charge in [0.25, 0.3) is 10.1 Å². The minimum absolute atomic E-state index is 0.143. The molecule has 1 saturated heterocycles. The summed E-state index contributed by atoms with van der Waals surface area (Å²) in [6, 6.07) is 0. The van der Waals surface area contributed by atoms with Crippen LogP contribution in [0.4, 0.5) is 0 Å². The first-order valence-electron chi connectivity index (χ1n) is 5.18. The summed E-state index contributed by atoms with van der Waals surface area (Å²) in [6.07, 6.45) is 1.38. The minimum atomic E-state index is -3.55. The number of hydrogen-bond acceptors (Lipinski definition) is 5. The highest BCUT2D eigenvalue weighted by Gasteiger charge is 2.40. The molecule has 0 saturated carbocycles. The maximum atomic E-state index is 11.5. The first kappa shape index (κ1) is 12.9. The Bertz CT molecular complexity index is 279. The lowest BCUT2D eigenvalue weighted by Gasteiger charge is -2.26. The lowest BCUT2D eigenvalue weighted by atomic mass is 10.2. The number of rotatable bonds is 6. The molecule has 15 heavy (non-hydrogen) atoms. The second kappa shape index (κ2) is 5.25. The number of hydrogen-bond donors (Lipinski definition) is 0. The summed E-state index contributed by atoms with van der Waals surface area (Å²) in [5.74, 6) is -1.20. The maximum Gasteiger partial charge on any atom is 0.272 e. The molecule has 0 aromatic heterocycles. The Kier molecular flexibility index (Phi) is 4.51. The van der Waals surface area contributed by atoms with Crippen molar-refractivity contribution < 1.29 is 22.1 Å². The van der Waals surface area contributed by atoms with Gasteiger partial charge in [0.15, 0.2) is 5.79 Å². The molecule has 1 aliphatic rings. The highest BCUT2D eigenvalue weighted by atomic mass is 32.2. The van der Waals surface area contributed by atoms with Crippen LogP contribution in [0.25, 0.3) is 0 Å². The summed E-state index contributed by atoms with van der Waals surface area (Å²) in [5.41, 5.74) is 0. The largest absolute Gasteiger partial charge is 0.346 e.